The van der Waals surface area contributed by atoms with Crippen LogP contribution in [0.1, 0.15) is 20.6 Å². The monoisotopic (exact) mass is 855 g/mol. The van der Waals surface area contributed by atoms with Gasteiger partial charge in [0, 0.05) is 21.9 Å². The normalized spacial score (nSPS) is 14.8. The van der Waals surface area contributed by atoms with Gasteiger partial charge in [-0.3, -0.25) is 0 Å². The maximum absolute atomic E-state index is 8.95. The largest absolute Gasteiger partial charge is 0.464 e. The van der Waals surface area contributed by atoms with Gasteiger partial charge in [0.1, 0.15) is 11.2 Å². The van der Waals surface area contributed by atoms with Crippen LogP contribution in [0.25, 0.3) is 132 Å². The van der Waals surface area contributed by atoms with E-state index in [1.165, 1.54) is 12.5 Å². The highest BCUT2D eigenvalue weighted by Crippen LogP contribution is 2.47. The molecule has 2 nitrogen and oxygen atoms in total. The van der Waals surface area contributed by atoms with E-state index in [2.05, 4.69) is 48.5 Å². The quantitative estimate of drug-likeness (QED) is 0.149. The van der Waals surface area contributed by atoms with Crippen molar-refractivity contribution in [3.05, 3.63) is 243 Å². The van der Waals surface area contributed by atoms with Crippen LogP contribution < -0.4 is 0 Å². The van der Waals surface area contributed by atoms with Crippen LogP contribution >= 0.6 is 0 Å². The molecule has 0 atom stereocenters. The average molecular weight is 856 g/mol. The first kappa shape index (κ1) is 25.5. The minimum absolute atomic E-state index is 0.0349. The van der Waals surface area contributed by atoms with Gasteiger partial charge in [-0.05, 0) is 148 Å². The summed E-state index contributed by atoms with van der Waals surface area (Å²) in [5.41, 5.74) is 8.64. The molecule has 2 aromatic heterocycles. The van der Waals surface area contributed by atoms with Crippen LogP contribution in [0.5, 0.6) is 0 Å². The minimum Gasteiger partial charge on any atom is -0.464 e. The lowest BCUT2D eigenvalue weighted by molar-refractivity contribution is 0.617. The van der Waals surface area contributed by atoms with Crippen molar-refractivity contribution in [3.8, 4) is 77.9 Å². The second-order valence-electron chi connectivity index (χ2n) is 16.1. The van der Waals surface area contributed by atoms with E-state index in [1.807, 2.05) is 84.9 Å². The van der Waals surface area contributed by atoms with Gasteiger partial charge in [-0.15, -0.1) is 0 Å². The van der Waals surface area contributed by atoms with Crippen molar-refractivity contribution in [1.29, 1.82) is 0 Å². The third-order valence-corrected chi connectivity index (χ3v) is 12.5. The number of furan rings is 2. The van der Waals surface area contributed by atoms with E-state index in [0.29, 0.717) is 44.2 Å². The average Bonchev–Trinajstić information content (AvgIpc) is 3.96. The van der Waals surface area contributed by atoms with E-state index in [0.717, 1.165) is 71.3 Å². The van der Waals surface area contributed by atoms with Crippen LogP contribution in [-0.2, 0) is 0 Å². The first-order valence-corrected chi connectivity index (χ1v) is 21.3. The van der Waals surface area contributed by atoms with Crippen molar-refractivity contribution in [2.45, 2.75) is 0 Å². The van der Waals surface area contributed by atoms with Gasteiger partial charge in [-0.2, -0.15) is 0 Å². The van der Waals surface area contributed by atoms with E-state index >= 15 is 0 Å². The molecule has 66 heavy (non-hydrogen) atoms. The van der Waals surface area contributed by atoms with Gasteiger partial charge in [0.2, 0.25) is 0 Å². The number of hydrogen-bond acceptors (Lipinski definition) is 2. The minimum atomic E-state index is -0.492. The zero-order valence-electron chi connectivity index (χ0n) is 49.8. The Morgan fingerprint density at radius 3 is 1.24 bits per heavy atom. The van der Waals surface area contributed by atoms with Crippen LogP contribution in [0.2, 0.25) is 0 Å². The van der Waals surface area contributed by atoms with Gasteiger partial charge in [0.15, 0.2) is 0 Å². The summed E-state index contributed by atoms with van der Waals surface area (Å²) in [5.74, 6) is 0. The molecule has 0 saturated carbocycles. The smallest absolute Gasteiger partial charge is 0.135 e. The summed E-state index contributed by atoms with van der Waals surface area (Å²) >= 11 is 0. The van der Waals surface area contributed by atoms with Crippen LogP contribution in [0.3, 0.4) is 0 Å². The molecule has 13 aromatic rings. The number of fused-ring (bicyclic) bond motifs is 5. The van der Waals surface area contributed by atoms with Gasteiger partial charge < -0.3 is 8.83 Å². The van der Waals surface area contributed by atoms with Gasteiger partial charge in [0.05, 0.1) is 33.1 Å². The predicted molar refractivity (Wildman–Crippen MR) is 277 cm³/mol. The van der Waals surface area contributed by atoms with E-state index in [9.17, 15) is 0 Å². The number of rotatable bonds is 7. The molecule has 0 N–H and O–H groups in total. The Hall–Kier alpha value is -8.72. The first-order valence-electron chi connectivity index (χ1n) is 28.8. The second-order valence-corrected chi connectivity index (χ2v) is 16.1. The first-order chi connectivity index (χ1) is 38.9. The fourth-order valence-electron chi connectivity index (χ4n) is 9.35. The van der Waals surface area contributed by atoms with Gasteiger partial charge in [0.25, 0.3) is 0 Å². The third kappa shape index (κ3) is 6.42. The zero-order chi connectivity index (χ0) is 56.6. The molecule has 0 aliphatic rings. The Morgan fingerprint density at radius 1 is 0.273 bits per heavy atom. The lowest BCUT2D eigenvalue weighted by Crippen LogP contribution is -1.93. The topological polar surface area (TPSA) is 26.3 Å². The Morgan fingerprint density at radius 2 is 0.697 bits per heavy atom. The Bertz CT molecular complexity index is 4820. The SMILES string of the molecule is [2H]c1c([2H])c([2H])c(-c2cccc(-c3c4ccc(-c5ccc6c(-c7c([2H])c([2H])c([2H])c([2H])c7[2H])coc6c5)cc4c(-c4ccc5ccccc5c4)c4ccc(-c5ccc6c(-c7c([2H])c([2H])c([2H])c([2H])c7[2H])coc6c5)cc34)c2)c([2H])c1[2H]. The zero-order valence-corrected chi connectivity index (χ0v) is 34.8. The van der Waals surface area contributed by atoms with Crippen molar-refractivity contribution in [2.75, 3.05) is 0 Å². The molecule has 0 amide bonds. The molecule has 0 spiro atoms. The summed E-state index contributed by atoms with van der Waals surface area (Å²) in [4.78, 5) is 0. The van der Waals surface area contributed by atoms with Gasteiger partial charge in [-0.1, -0.05) is 182 Å². The van der Waals surface area contributed by atoms with Crippen molar-refractivity contribution in [3.63, 3.8) is 0 Å². The lowest BCUT2D eigenvalue weighted by Gasteiger charge is -2.20. The van der Waals surface area contributed by atoms with E-state index in [1.54, 1.807) is 6.07 Å². The molecule has 0 unspecified atom stereocenters. The summed E-state index contributed by atoms with van der Waals surface area (Å²) < 4.78 is 140. The Labute approximate surface area is 403 Å². The standard InChI is InChI=1S/C64H40O2/c1-4-13-41(14-5-1)46-21-12-22-51(33-46)63-55-31-27-48(50-26-30-54-60(40-66-62(54)38-50)44-18-8-3-9-19-44)36-58(55)64(52-24-23-42-15-10-11-20-45(42)34-52)56-32-28-47(35-57(56)63)49-25-29-53-59(39-65-61(53)37-49)43-16-6-2-7-17-43/h1-40H/i1D,2D,3D,4D,5D,6D,7D,8D,9D,13D,14D,16D,17D,18D,19D. The van der Waals surface area contributed by atoms with E-state index in [-0.39, 0.29) is 52.9 Å². The molecule has 2 heteroatoms. The molecule has 0 saturated heterocycles. The van der Waals surface area contributed by atoms with Crippen LogP contribution in [0, 0.1) is 0 Å². The molecule has 0 bridgehead atoms. The molecule has 11 aromatic carbocycles. The Kier molecular flexibility index (Phi) is 6.01. The molecule has 308 valence electrons. The van der Waals surface area contributed by atoms with Gasteiger partial charge >= 0.3 is 0 Å². The van der Waals surface area contributed by atoms with Crippen LogP contribution in [0.15, 0.2) is 252 Å². The van der Waals surface area contributed by atoms with E-state index < -0.39 is 54.4 Å². The maximum atomic E-state index is 8.95. The highest BCUT2D eigenvalue weighted by Gasteiger charge is 2.21. The molecule has 13 rings (SSSR count). The molecular weight excluding hydrogens is 801 g/mol. The van der Waals surface area contributed by atoms with Crippen LogP contribution in [0.4, 0.5) is 0 Å². The number of benzene rings is 11. The van der Waals surface area contributed by atoms with Crippen molar-refractivity contribution >= 4 is 54.3 Å². The van der Waals surface area contributed by atoms with Crippen molar-refractivity contribution < 1.29 is 29.4 Å². The van der Waals surface area contributed by atoms with Crippen molar-refractivity contribution in [1.82, 2.24) is 0 Å². The molecule has 2 heterocycles. The van der Waals surface area contributed by atoms with Crippen LogP contribution in [-0.4, -0.2) is 0 Å². The fourth-order valence-corrected chi connectivity index (χ4v) is 9.35. The molecule has 0 aliphatic carbocycles. The molecule has 0 aliphatic heterocycles. The Balaban J connectivity index is 1.06. The highest BCUT2D eigenvalue weighted by atomic mass is 16.3. The summed E-state index contributed by atoms with van der Waals surface area (Å²) in [6.45, 7) is 0. The summed E-state index contributed by atoms with van der Waals surface area (Å²) in [6.07, 6.45) is 2.83. The van der Waals surface area contributed by atoms with Gasteiger partial charge in [-0.25, -0.2) is 0 Å². The number of hydrogen-bond donors (Lipinski definition) is 0. The van der Waals surface area contributed by atoms with E-state index in [4.69, 9.17) is 29.4 Å². The molecule has 0 fully saturated rings. The summed E-state index contributed by atoms with van der Waals surface area (Å²) in [7, 11) is 0. The van der Waals surface area contributed by atoms with Crippen molar-refractivity contribution in [2.24, 2.45) is 0 Å². The third-order valence-electron chi connectivity index (χ3n) is 12.5. The highest BCUT2D eigenvalue weighted by molar-refractivity contribution is 6.23. The lowest BCUT2D eigenvalue weighted by atomic mass is 9.83. The summed E-state index contributed by atoms with van der Waals surface area (Å²) in [5, 5.41) is 6.59. The maximum Gasteiger partial charge on any atom is 0.135 e. The fraction of sp³-hybridized carbons (Fsp3) is 0. The predicted octanol–water partition coefficient (Wildman–Crippen LogP) is 18.3. The molecular formula is C64H40O2. The summed E-state index contributed by atoms with van der Waals surface area (Å²) in [6, 6.07) is 39.2. The molecule has 0 radical (unpaired) electrons. The second kappa shape index (κ2) is 15.5.